The Balaban J connectivity index is 1.53. The Bertz CT molecular complexity index is 1390. The second-order valence-corrected chi connectivity index (χ2v) is 8.50. The fraction of sp³-hybridized carbons (Fsp3) is 0.103. The molecule has 0 spiro atoms. The van der Waals surface area contributed by atoms with Gasteiger partial charge in [0.25, 0.3) is 11.8 Å². The average molecular weight is 517 g/mol. The van der Waals surface area contributed by atoms with Crippen LogP contribution in [0.1, 0.15) is 26.3 Å². The van der Waals surface area contributed by atoms with Gasteiger partial charge in [0.1, 0.15) is 23.0 Å². The number of rotatable bonds is 9. The van der Waals surface area contributed by atoms with E-state index in [1.54, 1.807) is 37.4 Å². The fourth-order valence-corrected chi connectivity index (χ4v) is 3.74. The van der Waals surface area contributed by atoms with Gasteiger partial charge in [-0.3, -0.25) is 9.59 Å². The lowest BCUT2D eigenvalue weighted by atomic mass is 10.1. The number of phenols is 1. The number of carbonyl (C=O) groups is 2. The number of halogens is 1. The van der Waals surface area contributed by atoms with Gasteiger partial charge in [0.2, 0.25) is 0 Å². The van der Waals surface area contributed by atoms with Crippen LogP contribution in [0.3, 0.4) is 0 Å². The minimum Gasteiger partial charge on any atom is -0.506 e. The molecule has 8 heteroatoms. The van der Waals surface area contributed by atoms with Gasteiger partial charge >= 0.3 is 0 Å². The standard InChI is InChI=1S/C29H25ClN2O5/c1-36-21-10-7-19(8-11-21)15-16-31-29(35)24-18-23(37-22-5-3-2-4-6-22)12-13-26(24)32-28(34)20-9-14-27(33)25(30)17-20/h2-14,17-18,33H,15-16H2,1H3,(H,31,35)(H,32,34). The molecule has 0 atom stereocenters. The summed E-state index contributed by atoms with van der Waals surface area (Å²) >= 11 is 5.95. The number of amides is 2. The Hall–Kier alpha value is -4.49. The smallest absolute Gasteiger partial charge is 0.255 e. The first-order valence-electron chi connectivity index (χ1n) is 11.5. The molecule has 0 fully saturated rings. The Morgan fingerprint density at radius 3 is 2.27 bits per heavy atom. The van der Waals surface area contributed by atoms with Crippen LogP contribution in [0.4, 0.5) is 5.69 Å². The van der Waals surface area contributed by atoms with E-state index in [4.69, 9.17) is 21.1 Å². The van der Waals surface area contributed by atoms with Crippen molar-refractivity contribution >= 4 is 29.1 Å². The second-order valence-electron chi connectivity index (χ2n) is 8.10. The Morgan fingerprint density at radius 1 is 0.838 bits per heavy atom. The summed E-state index contributed by atoms with van der Waals surface area (Å²) in [6.45, 7) is 0.385. The number of aromatic hydroxyl groups is 1. The highest BCUT2D eigenvalue weighted by Crippen LogP contribution is 2.28. The van der Waals surface area contributed by atoms with Gasteiger partial charge in [-0.1, -0.05) is 41.9 Å². The number of phenolic OH excluding ortho intramolecular Hbond substituents is 1. The summed E-state index contributed by atoms with van der Waals surface area (Å²) in [7, 11) is 1.61. The van der Waals surface area contributed by atoms with Gasteiger partial charge in [0.05, 0.1) is 23.4 Å². The highest BCUT2D eigenvalue weighted by atomic mass is 35.5. The Morgan fingerprint density at radius 2 is 1.57 bits per heavy atom. The van der Waals surface area contributed by atoms with Crippen LogP contribution in [0, 0.1) is 0 Å². The molecule has 4 rings (SSSR count). The van der Waals surface area contributed by atoms with Gasteiger partial charge in [-0.15, -0.1) is 0 Å². The van der Waals surface area contributed by atoms with Crippen LogP contribution in [0.2, 0.25) is 5.02 Å². The van der Waals surface area contributed by atoms with Crippen molar-refractivity contribution in [3.05, 3.63) is 113 Å². The topological polar surface area (TPSA) is 96.9 Å². The van der Waals surface area contributed by atoms with Crippen LogP contribution < -0.4 is 20.1 Å². The molecular formula is C29H25ClN2O5. The number of carbonyl (C=O) groups excluding carboxylic acids is 2. The largest absolute Gasteiger partial charge is 0.506 e. The molecule has 0 aliphatic heterocycles. The number of hydrogen-bond donors (Lipinski definition) is 3. The quantitative estimate of drug-likeness (QED) is 0.251. The van der Waals surface area contributed by atoms with Gasteiger partial charge in [-0.25, -0.2) is 0 Å². The fourth-order valence-electron chi connectivity index (χ4n) is 3.56. The lowest BCUT2D eigenvalue weighted by molar-refractivity contribution is 0.0954. The lowest BCUT2D eigenvalue weighted by Gasteiger charge is -2.14. The summed E-state index contributed by atoms with van der Waals surface area (Å²) in [4.78, 5) is 26.0. The van der Waals surface area contributed by atoms with Crippen molar-refractivity contribution in [1.29, 1.82) is 0 Å². The van der Waals surface area contributed by atoms with Crippen molar-refractivity contribution in [3.63, 3.8) is 0 Å². The molecule has 0 aromatic heterocycles. The molecule has 7 nitrogen and oxygen atoms in total. The zero-order chi connectivity index (χ0) is 26.2. The number of nitrogens with one attached hydrogen (secondary N) is 2. The van der Waals surface area contributed by atoms with Crippen molar-refractivity contribution in [2.75, 3.05) is 19.0 Å². The van der Waals surface area contributed by atoms with Crippen molar-refractivity contribution < 1.29 is 24.2 Å². The number of hydrogen-bond acceptors (Lipinski definition) is 5. The van der Waals surface area contributed by atoms with Crippen LogP contribution in [-0.4, -0.2) is 30.6 Å². The number of methoxy groups -OCH3 is 1. The van der Waals surface area contributed by atoms with E-state index in [1.165, 1.54) is 18.2 Å². The molecule has 0 unspecified atom stereocenters. The van der Waals surface area contributed by atoms with E-state index in [1.807, 2.05) is 42.5 Å². The summed E-state index contributed by atoms with van der Waals surface area (Å²) in [6.07, 6.45) is 0.615. The molecular weight excluding hydrogens is 492 g/mol. The zero-order valence-corrected chi connectivity index (χ0v) is 20.8. The highest BCUT2D eigenvalue weighted by molar-refractivity contribution is 6.32. The van der Waals surface area contributed by atoms with E-state index in [0.717, 1.165) is 11.3 Å². The SMILES string of the molecule is COc1ccc(CCNC(=O)c2cc(Oc3ccccc3)ccc2NC(=O)c2ccc(O)c(Cl)c2)cc1. The van der Waals surface area contributed by atoms with Crippen molar-refractivity contribution in [2.24, 2.45) is 0 Å². The maximum absolute atomic E-state index is 13.2. The lowest BCUT2D eigenvalue weighted by Crippen LogP contribution is -2.27. The Labute approximate surface area is 219 Å². The summed E-state index contributed by atoms with van der Waals surface area (Å²) in [5.74, 6) is 0.842. The van der Waals surface area contributed by atoms with Crippen LogP contribution in [0.15, 0.2) is 91.0 Å². The third-order valence-electron chi connectivity index (χ3n) is 5.53. The van der Waals surface area contributed by atoms with E-state index >= 15 is 0 Å². The highest BCUT2D eigenvalue weighted by Gasteiger charge is 2.17. The molecule has 4 aromatic carbocycles. The normalized spacial score (nSPS) is 10.4. The molecule has 4 aromatic rings. The van der Waals surface area contributed by atoms with Gasteiger partial charge < -0.3 is 25.2 Å². The van der Waals surface area contributed by atoms with E-state index in [9.17, 15) is 14.7 Å². The van der Waals surface area contributed by atoms with Crippen molar-refractivity contribution in [2.45, 2.75) is 6.42 Å². The number of ether oxygens (including phenoxy) is 2. The van der Waals surface area contributed by atoms with E-state index in [-0.39, 0.29) is 27.8 Å². The van der Waals surface area contributed by atoms with Crippen molar-refractivity contribution in [3.8, 4) is 23.0 Å². The third-order valence-corrected chi connectivity index (χ3v) is 5.83. The van der Waals surface area contributed by atoms with E-state index < -0.39 is 5.91 Å². The number of anilines is 1. The molecule has 0 saturated heterocycles. The van der Waals surface area contributed by atoms with E-state index in [2.05, 4.69) is 10.6 Å². The van der Waals surface area contributed by atoms with Gasteiger partial charge in [0, 0.05) is 12.1 Å². The molecule has 0 heterocycles. The predicted octanol–water partition coefficient (Wildman–Crippen LogP) is 6.07. The van der Waals surface area contributed by atoms with Gasteiger partial charge in [-0.2, -0.15) is 0 Å². The number of benzene rings is 4. The predicted molar refractivity (Wildman–Crippen MR) is 143 cm³/mol. The average Bonchev–Trinajstić information content (AvgIpc) is 2.92. The molecule has 3 N–H and O–H groups in total. The van der Waals surface area contributed by atoms with Crippen LogP contribution in [0.5, 0.6) is 23.0 Å². The molecule has 0 saturated carbocycles. The molecule has 37 heavy (non-hydrogen) atoms. The third kappa shape index (κ3) is 6.80. The van der Waals surface area contributed by atoms with Crippen LogP contribution >= 0.6 is 11.6 Å². The van der Waals surface area contributed by atoms with Gasteiger partial charge in [0.15, 0.2) is 0 Å². The first-order chi connectivity index (χ1) is 17.9. The second kappa shape index (κ2) is 12.0. The summed E-state index contributed by atoms with van der Waals surface area (Å²) in [5, 5.41) is 15.4. The summed E-state index contributed by atoms with van der Waals surface area (Å²) in [6, 6.07) is 25.8. The van der Waals surface area contributed by atoms with Gasteiger partial charge in [-0.05, 0) is 72.6 Å². The Kier molecular flexibility index (Phi) is 8.28. The summed E-state index contributed by atoms with van der Waals surface area (Å²) < 4.78 is 11.1. The minimum atomic E-state index is -0.481. The van der Waals surface area contributed by atoms with Crippen molar-refractivity contribution in [1.82, 2.24) is 5.32 Å². The monoisotopic (exact) mass is 516 g/mol. The first kappa shape index (κ1) is 25.6. The molecule has 188 valence electrons. The minimum absolute atomic E-state index is 0.0516. The number of para-hydroxylation sites is 1. The molecule has 0 aliphatic carbocycles. The maximum Gasteiger partial charge on any atom is 0.255 e. The molecule has 0 aliphatic rings. The molecule has 2 amide bonds. The summed E-state index contributed by atoms with van der Waals surface area (Å²) in [5.41, 5.74) is 1.82. The van der Waals surface area contributed by atoms with Crippen LogP contribution in [-0.2, 0) is 6.42 Å². The molecule has 0 radical (unpaired) electrons. The first-order valence-corrected chi connectivity index (χ1v) is 11.9. The molecule has 0 bridgehead atoms. The van der Waals surface area contributed by atoms with Crippen LogP contribution in [0.25, 0.3) is 0 Å². The van der Waals surface area contributed by atoms with E-state index in [0.29, 0.717) is 30.2 Å². The zero-order valence-electron chi connectivity index (χ0n) is 20.0. The maximum atomic E-state index is 13.2.